The predicted octanol–water partition coefficient (Wildman–Crippen LogP) is -2.43. The van der Waals surface area contributed by atoms with E-state index in [1.807, 2.05) is 13.8 Å². The van der Waals surface area contributed by atoms with Crippen LogP contribution in [0.2, 0.25) is 0 Å². The summed E-state index contributed by atoms with van der Waals surface area (Å²) in [5.41, 5.74) is 11.1. The molecule has 2 aliphatic heterocycles. The highest BCUT2D eigenvalue weighted by Gasteiger charge is 2.42. The van der Waals surface area contributed by atoms with E-state index in [9.17, 15) is 68.1 Å². The van der Waals surface area contributed by atoms with E-state index in [1.165, 1.54) is 23.6 Å². The maximum Gasteiger partial charge on any atom is 0.326 e. The zero-order chi connectivity index (χ0) is 51.7. The topological polar surface area (TPSA) is 379 Å². The summed E-state index contributed by atoms with van der Waals surface area (Å²) < 4.78 is 0. The molecule has 2 heterocycles. The first-order chi connectivity index (χ1) is 31.7. The lowest BCUT2D eigenvalue weighted by molar-refractivity contribution is -0.145. The molecule has 9 amide bonds. The number of carbonyl (C=O) groups is 11. The molecular weight excluding hydrogens is 893 g/mol. The minimum atomic E-state index is -1.49. The van der Waals surface area contributed by atoms with Crippen LogP contribution >= 0.6 is 0 Å². The first-order valence-electron chi connectivity index (χ1n) is 23.3. The van der Waals surface area contributed by atoms with E-state index in [-0.39, 0.29) is 63.5 Å². The molecule has 10 atom stereocenters. The Balaban J connectivity index is 2.28. The maximum absolute atomic E-state index is 14.0. The summed E-state index contributed by atoms with van der Waals surface area (Å²) in [5.74, 6) is -10.5. The number of nitrogens with two attached hydrogens (primary N) is 2. The lowest BCUT2D eigenvalue weighted by atomic mass is 10.0. The van der Waals surface area contributed by atoms with Crippen molar-refractivity contribution in [2.75, 3.05) is 13.1 Å². The Kier molecular flexibility index (Phi) is 23.3. The molecule has 0 aromatic heterocycles. The first kappa shape index (κ1) is 58.2. The standard InChI is InChI=1S/C44H74N10O14/c1-21(2)19-28(50-40(63)34(46)25(8)55)37(60)47-24(7)42(65)53-17-9-11-30(53)38(61)48-26(13-15-32(45)56)36(59)52-35(23(5)6)41(64)49-27(14-16-33(57)58)43(66)54-18-10-12-31(54)39(62)51-29(44(67)68)20-22(3)4/h21-31,34-35,55H,9-20,46H2,1-8H3,(H2,45,56)(H,47,60)(H,48,61)(H,49,64)(H,50,63)(H,51,62)(H,52,59)(H,57,58)(H,67,68)/t24-,25+,26-,27-,28-,29-,30-,31-,34-,35-/m0/s1. The van der Waals surface area contributed by atoms with Gasteiger partial charge in [-0.3, -0.25) is 47.9 Å². The van der Waals surface area contributed by atoms with Crippen molar-refractivity contribution in [1.82, 2.24) is 41.7 Å². The van der Waals surface area contributed by atoms with Crippen LogP contribution in [0.3, 0.4) is 0 Å². The minimum Gasteiger partial charge on any atom is -0.481 e. The summed E-state index contributed by atoms with van der Waals surface area (Å²) in [5, 5.41) is 44.1. The Labute approximate surface area is 396 Å². The van der Waals surface area contributed by atoms with Gasteiger partial charge in [-0.05, 0) is 83.0 Å². The van der Waals surface area contributed by atoms with Gasteiger partial charge in [0.25, 0.3) is 0 Å². The molecular formula is C44H74N10O14. The number of aliphatic hydroxyl groups is 1. The summed E-state index contributed by atoms with van der Waals surface area (Å²) in [6.07, 6.45) is -1.52. The van der Waals surface area contributed by atoms with Gasteiger partial charge in [-0.15, -0.1) is 0 Å². The highest BCUT2D eigenvalue weighted by Crippen LogP contribution is 2.22. The van der Waals surface area contributed by atoms with Crippen molar-refractivity contribution in [2.24, 2.45) is 29.2 Å². The molecule has 24 heteroatoms. The quantitative estimate of drug-likeness (QED) is 0.0408. The van der Waals surface area contributed by atoms with E-state index in [0.29, 0.717) is 12.8 Å². The molecule has 0 radical (unpaired) electrons. The number of aliphatic hydroxyl groups excluding tert-OH is 1. The molecule has 68 heavy (non-hydrogen) atoms. The van der Waals surface area contributed by atoms with Crippen LogP contribution < -0.4 is 43.4 Å². The van der Waals surface area contributed by atoms with Crippen molar-refractivity contribution in [3.63, 3.8) is 0 Å². The summed E-state index contributed by atoms with van der Waals surface area (Å²) in [6, 6.07) is -11.4. The van der Waals surface area contributed by atoms with Crippen LogP contribution in [0.5, 0.6) is 0 Å². The second-order valence-electron chi connectivity index (χ2n) is 18.9. The van der Waals surface area contributed by atoms with E-state index in [0.717, 1.165) is 0 Å². The molecule has 2 aliphatic rings. The molecule has 384 valence electrons. The van der Waals surface area contributed by atoms with Crippen LogP contribution in [-0.4, -0.2) is 164 Å². The molecule has 2 rings (SSSR count). The molecule has 0 aliphatic carbocycles. The molecule has 0 aromatic rings. The van der Waals surface area contributed by atoms with Crippen molar-refractivity contribution < 1.29 is 68.1 Å². The molecule has 24 nitrogen and oxygen atoms in total. The number of amides is 9. The van der Waals surface area contributed by atoms with Crippen molar-refractivity contribution >= 4 is 65.1 Å². The smallest absolute Gasteiger partial charge is 0.326 e. The van der Waals surface area contributed by atoms with E-state index in [1.54, 1.807) is 27.7 Å². The van der Waals surface area contributed by atoms with Crippen LogP contribution in [0.1, 0.15) is 120 Å². The highest BCUT2D eigenvalue weighted by molar-refractivity contribution is 5.98. The number of aliphatic carboxylic acids is 2. The Bertz CT molecular complexity index is 1840. The van der Waals surface area contributed by atoms with Gasteiger partial charge in [-0.1, -0.05) is 41.5 Å². The van der Waals surface area contributed by atoms with Gasteiger partial charge in [0.1, 0.15) is 54.4 Å². The summed E-state index contributed by atoms with van der Waals surface area (Å²) in [7, 11) is 0. The molecule has 0 unspecified atom stereocenters. The summed E-state index contributed by atoms with van der Waals surface area (Å²) in [6.45, 7) is 13.2. The van der Waals surface area contributed by atoms with Gasteiger partial charge in [0.2, 0.25) is 53.2 Å². The van der Waals surface area contributed by atoms with Gasteiger partial charge in [0, 0.05) is 25.9 Å². The predicted molar refractivity (Wildman–Crippen MR) is 243 cm³/mol. The molecule has 0 aromatic carbocycles. The number of carbonyl (C=O) groups excluding carboxylic acids is 9. The number of rotatable bonds is 27. The zero-order valence-electron chi connectivity index (χ0n) is 40.4. The van der Waals surface area contributed by atoms with Crippen molar-refractivity contribution in [3.05, 3.63) is 0 Å². The second-order valence-corrected chi connectivity index (χ2v) is 18.9. The fourth-order valence-corrected chi connectivity index (χ4v) is 7.98. The van der Waals surface area contributed by atoms with E-state index < -0.39 is 144 Å². The van der Waals surface area contributed by atoms with Crippen molar-refractivity contribution in [2.45, 2.75) is 180 Å². The number of hydrogen-bond donors (Lipinski definition) is 11. The second kappa shape index (κ2) is 27.2. The van der Waals surface area contributed by atoms with Gasteiger partial charge in [-0.25, -0.2) is 4.79 Å². The molecule has 0 saturated carbocycles. The van der Waals surface area contributed by atoms with E-state index in [4.69, 9.17) is 11.5 Å². The normalized spacial score (nSPS) is 19.4. The molecule has 2 fully saturated rings. The Morgan fingerprint density at radius 3 is 1.51 bits per heavy atom. The van der Waals surface area contributed by atoms with Crippen LogP contribution in [0.25, 0.3) is 0 Å². The van der Waals surface area contributed by atoms with Gasteiger partial charge in [0.05, 0.1) is 6.10 Å². The average Bonchev–Trinajstić information content (AvgIpc) is 3.95. The first-order valence-corrected chi connectivity index (χ1v) is 23.3. The number of carboxylic acid groups (broad SMARTS) is 2. The number of nitrogens with one attached hydrogen (secondary N) is 6. The van der Waals surface area contributed by atoms with Gasteiger partial charge in [0.15, 0.2) is 0 Å². The fourth-order valence-electron chi connectivity index (χ4n) is 7.98. The van der Waals surface area contributed by atoms with E-state index in [2.05, 4.69) is 31.9 Å². The monoisotopic (exact) mass is 967 g/mol. The van der Waals surface area contributed by atoms with Crippen molar-refractivity contribution in [3.8, 4) is 0 Å². The Hall–Kier alpha value is -5.91. The highest BCUT2D eigenvalue weighted by atomic mass is 16.4. The third-order valence-corrected chi connectivity index (χ3v) is 11.7. The lowest BCUT2D eigenvalue weighted by Crippen LogP contribution is -2.61. The molecule has 0 spiro atoms. The van der Waals surface area contributed by atoms with Crippen LogP contribution in [0, 0.1) is 17.8 Å². The number of likely N-dealkylation sites (tertiary alicyclic amines) is 2. The van der Waals surface area contributed by atoms with Gasteiger partial charge in [-0.2, -0.15) is 0 Å². The lowest BCUT2D eigenvalue weighted by Gasteiger charge is -2.31. The Morgan fingerprint density at radius 1 is 0.574 bits per heavy atom. The SMILES string of the molecule is CC(C)C[C@H](NC(=O)[C@@H]1CCCN1C(=O)[C@H](CCC(=O)O)NC(=O)[C@@H](NC(=O)[C@H](CCC(N)=O)NC(=O)[C@@H]1CCCN1C(=O)[C@H](C)NC(=O)[C@H](CC(C)C)NC(=O)[C@@H](N)[C@@H](C)O)C(C)C)C(=O)O. The number of nitrogens with zero attached hydrogens (tertiary/aromatic N) is 2. The minimum absolute atomic E-state index is 0.0565. The zero-order valence-corrected chi connectivity index (χ0v) is 40.4. The molecule has 0 bridgehead atoms. The number of carboxylic acids is 2. The summed E-state index contributed by atoms with van der Waals surface area (Å²) in [4.78, 5) is 147. The fraction of sp³-hybridized carbons (Fsp3) is 0.750. The average molecular weight is 967 g/mol. The third kappa shape index (κ3) is 18.0. The van der Waals surface area contributed by atoms with Gasteiger partial charge >= 0.3 is 11.9 Å². The third-order valence-electron chi connectivity index (χ3n) is 11.7. The Morgan fingerprint density at radius 2 is 1.04 bits per heavy atom. The largest absolute Gasteiger partial charge is 0.481 e. The van der Waals surface area contributed by atoms with Crippen LogP contribution in [0.15, 0.2) is 0 Å². The van der Waals surface area contributed by atoms with E-state index >= 15 is 0 Å². The number of hydrogen-bond acceptors (Lipinski definition) is 13. The molecule has 2 saturated heterocycles. The maximum atomic E-state index is 14.0. The summed E-state index contributed by atoms with van der Waals surface area (Å²) >= 11 is 0. The van der Waals surface area contributed by atoms with Crippen LogP contribution in [0.4, 0.5) is 0 Å². The molecule has 13 N–H and O–H groups in total. The number of primary amides is 1. The van der Waals surface area contributed by atoms with Crippen molar-refractivity contribution in [1.29, 1.82) is 0 Å². The van der Waals surface area contributed by atoms with Crippen LogP contribution in [-0.2, 0) is 52.7 Å². The van der Waals surface area contributed by atoms with Gasteiger partial charge < -0.3 is 68.5 Å².